The zero-order chi connectivity index (χ0) is 13.4. The van der Waals surface area contributed by atoms with Crippen LogP contribution in [0.1, 0.15) is 11.3 Å². The molecule has 0 aliphatic rings. The topological polar surface area (TPSA) is 80.0 Å². The van der Waals surface area contributed by atoms with Crippen molar-refractivity contribution in [2.24, 2.45) is 0 Å². The van der Waals surface area contributed by atoms with Gasteiger partial charge in [-0.2, -0.15) is 10.2 Å². The van der Waals surface area contributed by atoms with Crippen molar-refractivity contribution in [3.63, 3.8) is 0 Å². The number of aromatic nitrogens is 3. The molecular weight excluding hydrogens is 238 g/mol. The van der Waals surface area contributed by atoms with E-state index < -0.39 is 0 Å². The van der Waals surface area contributed by atoms with Crippen LogP contribution in [0.2, 0.25) is 0 Å². The summed E-state index contributed by atoms with van der Waals surface area (Å²) >= 11 is 0. The molecule has 5 heteroatoms. The van der Waals surface area contributed by atoms with Crippen molar-refractivity contribution < 1.29 is 0 Å². The first-order valence-electron chi connectivity index (χ1n) is 5.81. The Bertz CT molecular complexity index is 793. The van der Waals surface area contributed by atoms with Gasteiger partial charge in [-0.1, -0.05) is 12.1 Å². The van der Waals surface area contributed by atoms with Crippen LogP contribution in [0.4, 0.5) is 5.95 Å². The average Bonchev–Trinajstić information content (AvgIpc) is 2.81. The summed E-state index contributed by atoms with van der Waals surface area (Å²) in [6.07, 6.45) is 0. The van der Waals surface area contributed by atoms with Gasteiger partial charge in [-0.05, 0) is 36.8 Å². The number of hydrogen-bond donors (Lipinski definition) is 1. The summed E-state index contributed by atoms with van der Waals surface area (Å²) in [6.45, 7) is 1.97. The molecule has 2 N–H and O–H groups in total. The number of nitriles is 1. The number of nitrogens with two attached hydrogens (primary N) is 1. The van der Waals surface area contributed by atoms with Gasteiger partial charge in [0, 0.05) is 11.3 Å². The first-order valence-corrected chi connectivity index (χ1v) is 5.81. The number of benzene rings is 1. The Labute approximate surface area is 109 Å². The molecule has 0 atom stereocenters. The van der Waals surface area contributed by atoms with E-state index in [0.29, 0.717) is 5.56 Å². The van der Waals surface area contributed by atoms with Gasteiger partial charge < -0.3 is 5.73 Å². The van der Waals surface area contributed by atoms with Crippen molar-refractivity contribution in [2.45, 2.75) is 6.92 Å². The van der Waals surface area contributed by atoms with Crippen molar-refractivity contribution in [3.05, 3.63) is 47.7 Å². The maximum atomic E-state index is 8.81. The van der Waals surface area contributed by atoms with E-state index in [0.717, 1.165) is 22.5 Å². The lowest BCUT2D eigenvalue weighted by atomic mass is 10.0. The van der Waals surface area contributed by atoms with Gasteiger partial charge in [-0.3, -0.25) is 0 Å². The summed E-state index contributed by atoms with van der Waals surface area (Å²) in [5.74, 6) is 0.264. The molecule has 92 valence electrons. The van der Waals surface area contributed by atoms with Gasteiger partial charge in [0.05, 0.1) is 11.6 Å². The third kappa shape index (κ3) is 1.79. The van der Waals surface area contributed by atoms with E-state index in [-0.39, 0.29) is 5.95 Å². The third-order valence-corrected chi connectivity index (χ3v) is 3.08. The van der Waals surface area contributed by atoms with E-state index in [1.54, 1.807) is 16.6 Å². The van der Waals surface area contributed by atoms with E-state index in [1.807, 2.05) is 31.2 Å². The monoisotopic (exact) mass is 249 g/mol. The highest BCUT2D eigenvalue weighted by Gasteiger charge is 2.08. The van der Waals surface area contributed by atoms with Crippen LogP contribution >= 0.6 is 0 Å². The van der Waals surface area contributed by atoms with Crippen molar-refractivity contribution in [3.8, 4) is 17.2 Å². The molecule has 0 saturated carbocycles. The molecule has 5 nitrogen and oxygen atoms in total. The van der Waals surface area contributed by atoms with Crippen LogP contribution in [0.3, 0.4) is 0 Å². The molecule has 0 unspecified atom stereocenters. The van der Waals surface area contributed by atoms with Crippen LogP contribution in [0.15, 0.2) is 36.4 Å². The van der Waals surface area contributed by atoms with Crippen molar-refractivity contribution in [1.82, 2.24) is 14.6 Å². The van der Waals surface area contributed by atoms with Crippen molar-refractivity contribution in [2.75, 3.05) is 5.73 Å². The van der Waals surface area contributed by atoms with Crippen LogP contribution in [0, 0.1) is 18.3 Å². The minimum absolute atomic E-state index is 0.264. The molecule has 19 heavy (non-hydrogen) atoms. The van der Waals surface area contributed by atoms with E-state index >= 15 is 0 Å². The molecule has 0 spiro atoms. The standard InChI is InChI=1S/C14H11N5/c1-9-12(11-4-2-10(8-15)3-5-11)6-7-13-17-14(16)18-19(9)13/h2-7H,1H3,(H2,16,18). The first kappa shape index (κ1) is 11.2. The number of nitrogen functional groups attached to an aromatic ring is 1. The predicted molar refractivity (Wildman–Crippen MR) is 72.3 cm³/mol. The van der Waals surface area contributed by atoms with Crippen LogP contribution < -0.4 is 5.73 Å². The van der Waals surface area contributed by atoms with E-state index in [9.17, 15) is 0 Å². The Hall–Kier alpha value is -2.87. The minimum Gasteiger partial charge on any atom is -0.366 e. The molecule has 1 aromatic carbocycles. The van der Waals surface area contributed by atoms with Crippen molar-refractivity contribution >= 4 is 11.6 Å². The second-order valence-electron chi connectivity index (χ2n) is 4.26. The van der Waals surface area contributed by atoms with Gasteiger partial charge >= 0.3 is 0 Å². The highest BCUT2D eigenvalue weighted by atomic mass is 15.3. The molecule has 0 fully saturated rings. The van der Waals surface area contributed by atoms with Crippen LogP contribution in [-0.2, 0) is 0 Å². The molecule has 0 bridgehead atoms. The number of aryl methyl sites for hydroxylation is 1. The highest BCUT2D eigenvalue weighted by Crippen LogP contribution is 2.24. The normalized spacial score (nSPS) is 10.5. The summed E-state index contributed by atoms with van der Waals surface area (Å²) < 4.78 is 1.73. The summed E-state index contributed by atoms with van der Waals surface area (Å²) in [5.41, 5.74) is 10.0. The second kappa shape index (κ2) is 4.10. The Morgan fingerprint density at radius 2 is 1.89 bits per heavy atom. The largest absolute Gasteiger partial charge is 0.366 e. The molecule has 0 aliphatic carbocycles. The average molecular weight is 249 g/mol. The SMILES string of the molecule is Cc1c(-c2ccc(C#N)cc2)ccc2nc(N)nn12. The molecule has 0 aliphatic heterocycles. The third-order valence-electron chi connectivity index (χ3n) is 3.08. The zero-order valence-corrected chi connectivity index (χ0v) is 10.3. The summed E-state index contributed by atoms with van der Waals surface area (Å²) in [7, 11) is 0. The van der Waals surface area contributed by atoms with Gasteiger partial charge in [0.25, 0.3) is 0 Å². The quantitative estimate of drug-likeness (QED) is 0.716. The lowest BCUT2D eigenvalue weighted by Gasteiger charge is -2.07. The van der Waals surface area contributed by atoms with Crippen LogP contribution in [-0.4, -0.2) is 14.6 Å². The zero-order valence-electron chi connectivity index (χ0n) is 10.3. The van der Waals surface area contributed by atoms with Gasteiger partial charge in [-0.15, -0.1) is 5.10 Å². The van der Waals surface area contributed by atoms with Gasteiger partial charge in [-0.25, -0.2) is 4.52 Å². The molecule has 2 aromatic heterocycles. The predicted octanol–water partition coefficient (Wildman–Crippen LogP) is 2.16. The fourth-order valence-corrected chi connectivity index (χ4v) is 2.12. The maximum Gasteiger partial charge on any atom is 0.240 e. The lowest BCUT2D eigenvalue weighted by Crippen LogP contribution is -1.97. The molecule has 0 amide bonds. The molecule has 0 saturated heterocycles. The number of nitrogens with zero attached hydrogens (tertiary/aromatic N) is 4. The van der Waals surface area contributed by atoms with Gasteiger partial charge in [0.15, 0.2) is 5.65 Å². The summed E-state index contributed by atoms with van der Waals surface area (Å²) in [6, 6.07) is 13.4. The maximum absolute atomic E-state index is 8.81. The molecule has 0 radical (unpaired) electrons. The van der Waals surface area contributed by atoms with Crippen LogP contribution in [0.25, 0.3) is 16.8 Å². The summed E-state index contributed by atoms with van der Waals surface area (Å²) in [4.78, 5) is 4.12. The van der Waals surface area contributed by atoms with Crippen LogP contribution in [0.5, 0.6) is 0 Å². The van der Waals surface area contributed by atoms with E-state index in [2.05, 4.69) is 16.2 Å². The smallest absolute Gasteiger partial charge is 0.240 e. The Morgan fingerprint density at radius 3 is 2.58 bits per heavy atom. The van der Waals surface area contributed by atoms with E-state index in [1.165, 1.54) is 0 Å². The molecule has 2 heterocycles. The number of anilines is 1. The second-order valence-corrected chi connectivity index (χ2v) is 4.26. The number of pyridine rings is 1. The molecule has 3 aromatic rings. The van der Waals surface area contributed by atoms with E-state index in [4.69, 9.17) is 11.0 Å². The Kier molecular flexibility index (Phi) is 2.43. The number of hydrogen-bond acceptors (Lipinski definition) is 4. The fourth-order valence-electron chi connectivity index (χ4n) is 2.12. The molecular formula is C14H11N5. The molecule has 3 rings (SSSR count). The highest BCUT2D eigenvalue weighted by molar-refractivity contribution is 5.68. The van der Waals surface area contributed by atoms with Gasteiger partial charge in [0.2, 0.25) is 5.95 Å². The Balaban J connectivity index is 2.19. The van der Waals surface area contributed by atoms with Gasteiger partial charge in [0.1, 0.15) is 0 Å². The Morgan fingerprint density at radius 1 is 1.16 bits per heavy atom. The first-order chi connectivity index (χ1) is 9.19. The number of fused-ring (bicyclic) bond motifs is 1. The number of rotatable bonds is 1. The summed E-state index contributed by atoms with van der Waals surface area (Å²) in [5, 5.41) is 13.0. The fraction of sp³-hybridized carbons (Fsp3) is 0.0714. The lowest BCUT2D eigenvalue weighted by molar-refractivity contribution is 0.922. The minimum atomic E-state index is 0.264. The van der Waals surface area contributed by atoms with Crippen molar-refractivity contribution in [1.29, 1.82) is 5.26 Å².